The van der Waals surface area contributed by atoms with Gasteiger partial charge in [-0.3, -0.25) is 9.59 Å². The summed E-state index contributed by atoms with van der Waals surface area (Å²) in [5.74, 6) is -2.14. The van der Waals surface area contributed by atoms with Crippen molar-refractivity contribution < 1.29 is 14.7 Å². The predicted octanol–water partition coefficient (Wildman–Crippen LogP) is 5.67. The summed E-state index contributed by atoms with van der Waals surface area (Å²) in [7, 11) is 0. The first-order chi connectivity index (χ1) is 13.6. The molecule has 5 nitrogen and oxygen atoms in total. The summed E-state index contributed by atoms with van der Waals surface area (Å²) in [6.07, 6.45) is 13.8. The highest BCUT2D eigenvalue weighted by Gasteiger charge is 2.20. The SMILES string of the molecule is CCCCCCCCC/C=C/C[C@H](CC(=O)Nc1ccccc1C#N)C(=O)O. The lowest BCUT2D eigenvalue weighted by Crippen LogP contribution is -2.22. The molecule has 0 unspecified atom stereocenters. The predicted molar refractivity (Wildman–Crippen MR) is 112 cm³/mol. The van der Waals surface area contributed by atoms with Gasteiger partial charge in [0.15, 0.2) is 0 Å². The van der Waals surface area contributed by atoms with Gasteiger partial charge in [0.25, 0.3) is 0 Å². The van der Waals surface area contributed by atoms with Crippen LogP contribution in [0.5, 0.6) is 0 Å². The number of carboxylic acid groups (broad SMARTS) is 1. The third-order valence-electron chi connectivity index (χ3n) is 4.66. The maximum Gasteiger partial charge on any atom is 0.307 e. The minimum atomic E-state index is -0.982. The third kappa shape index (κ3) is 9.91. The molecule has 1 aromatic rings. The summed E-state index contributed by atoms with van der Waals surface area (Å²) < 4.78 is 0. The van der Waals surface area contributed by atoms with Gasteiger partial charge in [-0.2, -0.15) is 5.26 Å². The van der Waals surface area contributed by atoms with Crippen LogP contribution in [0.4, 0.5) is 5.69 Å². The van der Waals surface area contributed by atoms with Crippen LogP contribution in [0.2, 0.25) is 0 Å². The fraction of sp³-hybridized carbons (Fsp3) is 0.522. The van der Waals surface area contributed by atoms with Gasteiger partial charge in [0, 0.05) is 6.42 Å². The smallest absolute Gasteiger partial charge is 0.307 e. The second-order valence-corrected chi connectivity index (χ2v) is 7.06. The Morgan fingerprint density at radius 3 is 2.46 bits per heavy atom. The summed E-state index contributed by atoms with van der Waals surface area (Å²) in [6, 6.07) is 8.68. The number of allylic oxidation sites excluding steroid dienone is 2. The summed E-state index contributed by atoms with van der Waals surface area (Å²) in [5, 5.41) is 21.1. The lowest BCUT2D eigenvalue weighted by molar-refractivity contribution is -0.143. The number of carbonyl (C=O) groups excluding carboxylic acids is 1. The van der Waals surface area contributed by atoms with Gasteiger partial charge < -0.3 is 10.4 Å². The molecule has 0 aliphatic heterocycles. The maximum absolute atomic E-state index is 12.2. The van der Waals surface area contributed by atoms with Crippen LogP contribution in [0.15, 0.2) is 36.4 Å². The van der Waals surface area contributed by atoms with Gasteiger partial charge in [0.2, 0.25) is 5.91 Å². The number of anilines is 1. The lowest BCUT2D eigenvalue weighted by atomic mass is 10.00. The molecule has 0 fully saturated rings. The maximum atomic E-state index is 12.2. The minimum absolute atomic E-state index is 0.114. The molecule has 0 aliphatic carbocycles. The number of aliphatic carboxylic acids is 1. The Labute approximate surface area is 168 Å². The van der Waals surface area contributed by atoms with E-state index in [1.54, 1.807) is 24.3 Å². The van der Waals surface area contributed by atoms with Gasteiger partial charge in [0.1, 0.15) is 6.07 Å². The van der Waals surface area contributed by atoms with E-state index >= 15 is 0 Å². The number of hydrogen-bond donors (Lipinski definition) is 2. The van der Waals surface area contributed by atoms with E-state index in [0.29, 0.717) is 17.7 Å². The number of nitrogens with one attached hydrogen (secondary N) is 1. The van der Waals surface area contributed by atoms with E-state index in [-0.39, 0.29) is 6.42 Å². The monoisotopic (exact) mass is 384 g/mol. The molecule has 0 saturated carbocycles. The van der Waals surface area contributed by atoms with Crippen molar-refractivity contribution >= 4 is 17.6 Å². The number of unbranched alkanes of at least 4 members (excludes halogenated alkanes) is 7. The molecule has 0 bridgehead atoms. The van der Waals surface area contributed by atoms with Crippen LogP contribution in [0.3, 0.4) is 0 Å². The lowest BCUT2D eigenvalue weighted by Gasteiger charge is -2.11. The second-order valence-electron chi connectivity index (χ2n) is 7.06. The van der Waals surface area contributed by atoms with Gasteiger partial charge in [0.05, 0.1) is 17.2 Å². The molecule has 1 aromatic carbocycles. The Hall–Kier alpha value is -2.61. The number of rotatable bonds is 14. The number of carbonyl (C=O) groups is 2. The van der Waals surface area contributed by atoms with Crippen LogP contribution in [0.1, 0.15) is 76.7 Å². The fourth-order valence-corrected chi connectivity index (χ4v) is 2.98. The Kier molecular flexibility index (Phi) is 12.1. The zero-order valence-corrected chi connectivity index (χ0v) is 16.8. The number of carboxylic acids is 1. The van der Waals surface area contributed by atoms with Crippen molar-refractivity contribution in [3.05, 3.63) is 42.0 Å². The van der Waals surface area contributed by atoms with E-state index < -0.39 is 17.8 Å². The molecule has 2 N–H and O–H groups in total. The first-order valence-electron chi connectivity index (χ1n) is 10.2. The van der Waals surface area contributed by atoms with E-state index in [4.69, 9.17) is 5.26 Å². The molecule has 5 heteroatoms. The zero-order chi connectivity index (χ0) is 20.6. The van der Waals surface area contributed by atoms with Crippen molar-refractivity contribution in [1.29, 1.82) is 5.26 Å². The summed E-state index contributed by atoms with van der Waals surface area (Å²) in [4.78, 5) is 23.6. The standard InChI is InChI=1S/C23H32N2O3/c1-2-3-4-5-6-7-8-9-10-11-14-19(23(27)28)17-22(26)25-21-16-13-12-15-20(21)18-24/h10-13,15-16,19H,2-9,14,17H2,1H3,(H,25,26)(H,27,28)/b11-10+/t19-/m1/s1. The number of hydrogen-bond acceptors (Lipinski definition) is 3. The average molecular weight is 385 g/mol. The molecule has 0 heterocycles. The van der Waals surface area contributed by atoms with Gasteiger partial charge in [-0.25, -0.2) is 0 Å². The highest BCUT2D eigenvalue weighted by Crippen LogP contribution is 2.17. The number of para-hydroxylation sites is 1. The quantitative estimate of drug-likeness (QED) is 0.319. The molecule has 1 rings (SSSR count). The molecule has 0 aromatic heterocycles. The number of nitriles is 1. The molecule has 0 radical (unpaired) electrons. The number of nitrogens with zero attached hydrogens (tertiary/aromatic N) is 1. The van der Waals surface area contributed by atoms with Crippen molar-refractivity contribution in [2.75, 3.05) is 5.32 Å². The molecule has 0 saturated heterocycles. The molecule has 1 atom stereocenters. The summed E-state index contributed by atoms with van der Waals surface area (Å²) in [5.41, 5.74) is 0.769. The van der Waals surface area contributed by atoms with Crippen LogP contribution >= 0.6 is 0 Å². The largest absolute Gasteiger partial charge is 0.481 e. The van der Waals surface area contributed by atoms with Crippen molar-refractivity contribution in [3.63, 3.8) is 0 Å². The molecule has 0 spiro atoms. The van der Waals surface area contributed by atoms with Crippen molar-refractivity contribution in [3.8, 4) is 6.07 Å². The molecular weight excluding hydrogens is 352 g/mol. The first kappa shape index (κ1) is 23.4. The average Bonchev–Trinajstić information content (AvgIpc) is 2.68. The molecule has 28 heavy (non-hydrogen) atoms. The number of benzene rings is 1. The van der Waals surface area contributed by atoms with Crippen LogP contribution in [0.25, 0.3) is 0 Å². The third-order valence-corrected chi connectivity index (χ3v) is 4.66. The minimum Gasteiger partial charge on any atom is -0.481 e. The van der Waals surface area contributed by atoms with E-state index in [1.807, 2.05) is 18.2 Å². The Morgan fingerprint density at radius 2 is 1.79 bits per heavy atom. The van der Waals surface area contributed by atoms with Gasteiger partial charge in [-0.15, -0.1) is 0 Å². The van der Waals surface area contributed by atoms with Crippen LogP contribution in [0, 0.1) is 17.2 Å². The number of amides is 1. The van der Waals surface area contributed by atoms with E-state index in [0.717, 1.165) is 12.8 Å². The summed E-state index contributed by atoms with van der Waals surface area (Å²) >= 11 is 0. The van der Waals surface area contributed by atoms with E-state index in [9.17, 15) is 14.7 Å². The topological polar surface area (TPSA) is 90.2 Å². The van der Waals surface area contributed by atoms with Crippen LogP contribution in [-0.2, 0) is 9.59 Å². The first-order valence-corrected chi connectivity index (χ1v) is 10.2. The van der Waals surface area contributed by atoms with E-state index in [1.165, 1.54) is 38.5 Å². The van der Waals surface area contributed by atoms with E-state index in [2.05, 4.69) is 12.2 Å². The molecule has 0 aliphatic rings. The zero-order valence-electron chi connectivity index (χ0n) is 16.8. The van der Waals surface area contributed by atoms with Gasteiger partial charge >= 0.3 is 5.97 Å². The summed E-state index contributed by atoms with van der Waals surface area (Å²) in [6.45, 7) is 2.21. The van der Waals surface area contributed by atoms with Crippen molar-refractivity contribution in [1.82, 2.24) is 0 Å². The van der Waals surface area contributed by atoms with Crippen LogP contribution < -0.4 is 5.32 Å². The highest BCUT2D eigenvalue weighted by atomic mass is 16.4. The second kappa shape index (κ2) is 14.4. The molecule has 152 valence electrons. The van der Waals surface area contributed by atoms with Gasteiger partial charge in [-0.05, 0) is 31.4 Å². The van der Waals surface area contributed by atoms with Gasteiger partial charge in [-0.1, -0.05) is 69.7 Å². The molecule has 1 amide bonds. The molecular formula is C23H32N2O3. The fourth-order valence-electron chi connectivity index (χ4n) is 2.98. The highest BCUT2D eigenvalue weighted by molar-refractivity contribution is 5.94. The Balaban J connectivity index is 2.34. The Bertz CT molecular complexity index is 677. The van der Waals surface area contributed by atoms with Crippen molar-refractivity contribution in [2.45, 2.75) is 71.1 Å². The van der Waals surface area contributed by atoms with Crippen molar-refractivity contribution in [2.24, 2.45) is 5.92 Å². The Morgan fingerprint density at radius 1 is 1.11 bits per heavy atom. The van der Waals surface area contributed by atoms with Crippen LogP contribution in [-0.4, -0.2) is 17.0 Å². The normalized spacial score (nSPS) is 11.9.